The molecule has 7 nitrogen and oxygen atoms in total. The molecule has 7 heteroatoms. The summed E-state index contributed by atoms with van der Waals surface area (Å²) in [4.78, 5) is 15.5. The van der Waals surface area contributed by atoms with Gasteiger partial charge in [0, 0.05) is 50.2 Å². The quantitative estimate of drug-likeness (QED) is 0.378. The van der Waals surface area contributed by atoms with Gasteiger partial charge in [0.05, 0.1) is 11.7 Å². The summed E-state index contributed by atoms with van der Waals surface area (Å²) < 4.78 is 11.7. The third kappa shape index (κ3) is 6.40. The van der Waals surface area contributed by atoms with Crippen LogP contribution in [-0.2, 0) is 15.1 Å². The topological polar surface area (TPSA) is 91.3 Å². The lowest BCUT2D eigenvalue weighted by molar-refractivity contribution is -0.141. The van der Waals surface area contributed by atoms with E-state index in [4.69, 9.17) is 9.47 Å². The largest absolute Gasteiger partial charge is 0.457 e. The van der Waals surface area contributed by atoms with Gasteiger partial charge in [-0.1, -0.05) is 36.4 Å². The van der Waals surface area contributed by atoms with E-state index in [9.17, 15) is 15.0 Å². The van der Waals surface area contributed by atoms with Crippen LogP contribution in [0.2, 0.25) is 0 Å². The number of carbonyl (C=O) groups is 1. The van der Waals surface area contributed by atoms with Gasteiger partial charge < -0.3 is 29.9 Å². The molecule has 5 atom stereocenters. The van der Waals surface area contributed by atoms with Crippen LogP contribution in [-0.4, -0.2) is 67.0 Å². The molecule has 1 aliphatic carbocycles. The number of hydrogen-bond acceptors (Lipinski definition) is 6. The molecule has 0 radical (unpaired) electrons. The number of aliphatic hydroxyl groups is 2. The van der Waals surface area contributed by atoms with E-state index in [1.807, 2.05) is 67.4 Å². The number of amides is 1. The highest BCUT2D eigenvalue weighted by atomic mass is 16.5. The summed E-state index contributed by atoms with van der Waals surface area (Å²) in [5, 5.41) is 26.0. The van der Waals surface area contributed by atoms with Gasteiger partial charge in [-0.25, -0.2) is 0 Å². The predicted octanol–water partition coefficient (Wildman–Crippen LogP) is 4.39. The maximum atomic E-state index is 13.5. The number of unbranched alkanes of at least 4 members (excludes halogenated alkanes) is 1. The molecule has 1 heterocycles. The van der Waals surface area contributed by atoms with Gasteiger partial charge in [0.2, 0.25) is 5.91 Å². The van der Waals surface area contributed by atoms with E-state index >= 15 is 0 Å². The number of ether oxygens (including phenoxy) is 2. The Bertz CT molecular complexity index is 1060. The average Bonchev–Trinajstić information content (AvgIpc) is 3.32. The Morgan fingerprint density at radius 1 is 1.11 bits per heavy atom. The van der Waals surface area contributed by atoms with E-state index < -0.39 is 11.7 Å². The fourth-order valence-electron chi connectivity index (χ4n) is 6.26. The van der Waals surface area contributed by atoms with Crippen molar-refractivity contribution in [2.45, 2.75) is 69.6 Å². The maximum absolute atomic E-state index is 13.5. The van der Waals surface area contributed by atoms with Crippen LogP contribution in [0.5, 0.6) is 11.5 Å². The van der Waals surface area contributed by atoms with Crippen LogP contribution in [0.4, 0.5) is 0 Å². The minimum atomic E-state index is -1.16. The van der Waals surface area contributed by atoms with Crippen molar-refractivity contribution in [2.24, 2.45) is 11.8 Å². The Labute approximate surface area is 227 Å². The van der Waals surface area contributed by atoms with E-state index in [1.54, 1.807) is 7.11 Å². The smallest absolute Gasteiger partial charge is 0.225 e. The zero-order valence-electron chi connectivity index (χ0n) is 23.1. The summed E-state index contributed by atoms with van der Waals surface area (Å²) >= 11 is 0. The second kappa shape index (κ2) is 13.1. The van der Waals surface area contributed by atoms with Crippen LogP contribution in [0.25, 0.3) is 0 Å². The van der Waals surface area contributed by atoms with Crippen molar-refractivity contribution in [1.29, 1.82) is 0 Å². The zero-order chi connectivity index (χ0) is 27.1. The van der Waals surface area contributed by atoms with Crippen molar-refractivity contribution < 1.29 is 24.5 Å². The van der Waals surface area contributed by atoms with Crippen LogP contribution < -0.4 is 10.1 Å². The number of aryl methyl sites for hydroxylation is 1. The number of likely N-dealkylation sites (tertiary alicyclic amines) is 1. The summed E-state index contributed by atoms with van der Waals surface area (Å²) in [6.45, 7) is 3.84. The Balaban J connectivity index is 1.60. The van der Waals surface area contributed by atoms with Crippen molar-refractivity contribution >= 4 is 5.91 Å². The minimum Gasteiger partial charge on any atom is -0.457 e. The molecule has 4 rings (SSSR count). The lowest BCUT2D eigenvalue weighted by Gasteiger charge is -2.44. The van der Waals surface area contributed by atoms with Crippen molar-refractivity contribution in [3.63, 3.8) is 0 Å². The Morgan fingerprint density at radius 3 is 2.55 bits per heavy atom. The molecule has 1 saturated carbocycles. The second-order valence-corrected chi connectivity index (χ2v) is 11.0. The van der Waals surface area contributed by atoms with Gasteiger partial charge in [0.25, 0.3) is 0 Å². The molecule has 1 aliphatic heterocycles. The second-order valence-electron chi connectivity index (χ2n) is 11.0. The number of benzene rings is 2. The first-order valence-electron chi connectivity index (χ1n) is 14.1. The molecular weight excluding hydrogens is 480 g/mol. The van der Waals surface area contributed by atoms with Crippen molar-refractivity contribution in [3.05, 3.63) is 59.7 Å². The maximum Gasteiger partial charge on any atom is 0.225 e. The first-order chi connectivity index (χ1) is 18.4. The highest BCUT2D eigenvalue weighted by molar-refractivity contribution is 5.79. The van der Waals surface area contributed by atoms with Crippen LogP contribution in [0.15, 0.2) is 48.5 Å². The molecular formula is C31H44N2O5. The summed E-state index contributed by atoms with van der Waals surface area (Å²) in [6, 6.07) is 15.6. The Kier molecular flexibility index (Phi) is 9.82. The molecule has 1 amide bonds. The first-order valence-corrected chi connectivity index (χ1v) is 14.1. The normalized spacial score (nSPS) is 25.2. The van der Waals surface area contributed by atoms with E-state index in [0.29, 0.717) is 44.7 Å². The number of methoxy groups -OCH3 is 1. The van der Waals surface area contributed by atoms with Gasteiger partial charge in [-0.15, -0.1) is 0 Å². The minimum absolute atomic E-state index is 0.0484. The molecule has 2 aromatic carbocycles. The highest BCUT2D eigenvalue weighted by Gasteiger charge is 2.45. The number of piperidine rings is 1. The Morgan fingerprint density at radius 2 is 1.84 bits per heavy atom. The molecule has 1 saturated heterocycles. The predicted molar refractivity (Wildman–Crippen MR) is 148 cm³/mol. The number of nitrogens with zero attached hydrogens (tertiary/aromatic N) is 1. The third-order valence-corrected chi connectivity index (χ3v) is 8.48. The summed E-state index contributed by atoms with van der Waals surface area (Å²) in [5.41, 5.74) is 0.639. The fraction of sp³-hybridized carbons (Fsp3) is 0.581. The van der Waals surface area contributed by atoms with Crippen LogP contribution in [0.3, 0.4) is 0 Å². The summed E-state index contributed by atoms with van der Waals surface area (Å²) in [6.07, 6.45) is 4.50. The van der Waals surface area contributed by atoms with Gasteiger partial charge in [-0.2, -0.15) is 0 Å². The van der Waals surface area contributed by atoms with Gasteiger partial charge in [-0.05, 0) is 76.6 Å². The van der Waals surface area contributed by atoms with Gasteiger partial charge >= 0.3 is 0 Å². The van der Waals surface area contributed by atoms with Gasteiger partial charge in [0.15, 0.2) is 0 Å². The molecule has 2 aromatic rings. The molecule has 2 aliphatic rings. The number of nitrogens with one attached hydrogen (secondary N) is 1. The molecule has 38 heavy (non-hydrogen) atoms. The number of hydrogen-bond donors (Lipinski definition) is 3. The van der Waals surface area contributed by atoms with Gasteiger partial charge in [0.1, 0.15) is 11.5 Å². The molecule has 0 aromatic heterocycles. The van der Waals surface area contributed by atoms with Crippen LogP contribution >= 0.6 is 0 Å². The van der Waals surface area contributed by atoms with E-state index in [1.165, 1.54) is 0 Å². The number of carbonyl (C=O) groups excluding carboxylic acids is 1. The molecule has 5 unspecified atom stereocenters. The van der Waals surface area contributed by atoms with E-state index in [2.05, 4.69) is 5.32 Å². The average molecular weight is 525 g/mol. The van der Waals surface area contributed by atoms with Crippen molar-refractivity contribution in [1.82, 2.24) is 10.2 Å². The van der Waals surface area contributed by atoms with Crippen LogP contribution in [0.1, 0.15) is 56.1 Å². The van der Waals surface area contributed by atoms with Gasteiger partial charge in [-0.3, -0.25) is 4.79 Å². The molecule has 3 N–H and O–H groups in total. The van der Waals surface area contributed by atoms with Crippen molar-refractivity contribution in [2.75, 3.05) is 33.9 Å². The number of aliphatic hydroxyl groups excluding tert-OH is 1. The van der Waals surface area contributed by atoms with Crippen molar-refractivity contribution in [3.8, 4) is 11.5 Å². The SMILES string of the molecule is CNC1CC(C(=O)N2CCCC(C(O)(CCCCOC)c3ccccc3Oc3ccccc3C)C2)CC1O. The number of likely N-dealkylation sites (N-methyl/N-ethyl adjacent to an activating group) is 1. The van der Waals surface area contributed by atoms with E-state index in [0.717, 1.165) is 42.6 Å². The van der Waals surface area contributed by atoms with E-state index in [-0.39, 0.29) is 23.8 Å². The number of rotatable bonds is 11. The molecule has 0 spiro atoms. The fourth-order valence-corrected chi connectivity index (χ4v) is 6.26. The Hall–Kier alpha value is -2.45. The zero-order valence-corrected chi connectivity index (χ0v) is 23.1. The lowest BCUT2D eigenvalue weighted by Crippen LogP contribution is -2.49. The molecule has 2 fully saturated rings. The standard InChI is InChI=1S/C31H44N2O5/c1-22-11-4-6-14-28(22)38-29-15-7-5-13-25(29)31(36,16-8-9-18-37-3)24-12-10-17-33(21-24)30(35)23-19-26(32-2)27(34)20-23/h4-7,11,13-15,23-24,26-27,32,34,36H,8-10,12,16-21H2,1-3H3. The monoisotopic (exact) mass is 524 g/mol. The first kappa shape index (κ1) is 28.6. The lowest BCUT2D eigenvalue weighted by atomic mass is 9.73. The third-order valence-electron chi connectivity index (χ3n) is 8.48. The number of para-hydroxylation sites is 2. The van der Waals surface area contributed by atoms with Crippen LogP contribution in [0, 0.1) is 18.8 Å². The highest BCUT2D eigenvalue weighted by Crippen LogP contribution is 2.45. The summed E-state index contributed by atoms with van der Waals surface area (Å²) in [5.74, 6) is 1.19. The molecule has 0 bridgehead atoms. The molecule has 208 valence electrons. The summed E-state index contributed by atoms with van der Waals surface area (Å²) in [7, 11) is 3.53.